The van der Waals surface area contributed by atoms with Crippen LogP contribution in [0.1, 0.15) is 18.3 Å². The highest BCUT2D eigenvalue weighted by Gasteiger charge is 2.20. The van der Waals surface area contributed by atoms with Gasteiger partial charge in [0.2, 0.25) is 5.82 Å². The predicted octanol–water partition coefficient (Wildman–Crippen LogP) is 3.10. The van der Waals surface area contributed by atoms with Gasteiger partial charge in [-0.25, -0.2) is 0 Å². The summed E-state index contributed by atoms with van der Waals surface area (Å²) in [5, 5.41) is 17.4. The number of tetrazole rings is 1. The largest absolute Gasteiger partial charge is 0.481 e. The number of nitrogens with zero attached hydrogens (tertiary/aromatic N) is 4. The SMILES string of the molecule is FCC[C@H](Oc1ccc(Br)cc1-c1ccon1)c1nn[nH]n1. The van der Waals surface area contributed by atoms with Crippen LogP contribution in [0.4, 0.5) is 4.39 Å². The number of benzene rings is 1. The summed E-state index contributed by atoms with van der Waals surface area (Å²) in [6.45, 7) is -0.560. The molecule has 2 heterocycles. The first-order chi connectivity index (χ1) is 10.8. The fourth-order valence-corrected chi connectivity index (χ4v) is 2.32. The standard InChI is InChI=1S/C13H11BrFN5O2/c14-8-1-2-11(9(7-8)10-4-6-21-18-10)22-12(3-5-15)13-16-19-20-17-13/h1-2,4,6-7,12H,3,5H2,(H,16,17,19,20)/t12-/m0/s1. The number of H-pyrrole nitrogens is 1. The topological polar surface area (TPSA) is 89.7 Å². The average molecular weight is 368 g/mol. The van der Waals surface area contributed by atoms with E-state index in [2.05, 4.69) is 41.7 Å². The second-order valence-corrected chi connectivity index (χ2v) is 5.29. The second kappa shape index (κ2) is 6.65. The predicted molar refractivity (Wildman–Crippen MR) is 77.8 cm³/mol. The molecule has 0 aliphatic carbocycles. The van der Waals surface area contributed by atoms with Gasteiger partial charge in [0.1, 0.15) is 17.7 Å². The van der Waals surface area contributed by atoms with Gasteiger partial charge in [-0.2, -0.15) is 5.21 Å². The quantitative estimate of drug-likeness (QED) is 0.719. The number of alkyl halides is 1. The van der Waals surface area contributed by atoms with E-state index in [-0.39, 0.29) is 6.42 Å². The Balaban J connectivity index is 1.94. The summed E-state index contributed by atoms with van der Waals surface area (Å²) in [5.74, 6) is 0.826. The highest BCUT2D eigenvalue weighted by molar-refractivity contribution is 9.10. The highest BCUT2D eigenvalue weighted by atomic mass is 79.9. The Morgan fingerprint density at radius 3 is 2.95 bits per heavy atom. The number of ether oxygens (including phenoxy) is 1. The van der Waals surface area contributed by atoms with Gasteiger partial charge in [0.15, 0.2) is 6.10 Å². The lowest BCUT2D eigenvalue weighted by Gasteiger charge is -2.17. The molecule has 3 aromatic rings. The fraction of sp³-hybridized carbons (Fsp3) is 0.231. The van der Waals surface area contributed by atoms with Crippen molar-refractivity contribution in [3.63, 3.8) is 0 Å². The normalized spacial score (nSPS) is 12.3. The van der Waals surface area contributed by atoms with E-state index in [4.69, 9.17) is 9.26 Å². The molecule has 0 aliphatic heterocycles. The number of hydrogen-bond acceptors (Lipinski definition) is 6. The molecule has 7 nitrogen and oxygen atoms in total. The molecule has 114 valence electrons. The van der Waals surface area contributed by atoms with E-state index in [1.54, 1.807) is 12.1 Å². The summed E-state index contributed by atoms with van der Waals surface area (Å²) < 4.78 is 24.4. The number of nitrogens with one attached hydrogen (secondary N) is 1. The third-order valence-electron chi connectivity index (χ3n) is 2.95. The van der Waals surface area contributed by atoms with Crippen molar-refractivity contribution in [2.45, 2.75) is 12.5 Å². The summed E-state index contributed by atoms with van der Waals surface area (Å²) in [6, 6.07) is 7.14. The van der Waals surface area contributed by atoms with E-state index in [9.17, 15) is 4.39 Å². The van der Waals surface area contributed by atoms with Crippen LogP contribution in [-0.2, 0) is 0 Å². The zero-order chi connectivity index (χ0) is 15.4. The maximum Gasteiger partial charge on any atom is 0.215 e. The number of aromatic nitrogens is 5. The third kappa shape index (κ3) is 3.14. The lowest BCUT2D eigenvalue weighted by Crippen LogP contribution is -2.11. The van der Waals surface area contributed by atoms with Gasteiger partial charge in [-0.15, -0.1) is 10.2 Å². The van der Waals surface area contributed by atoms with E-state index in [0.29, 0.717) is 17.3 Å². The van der Waals surface area contributed by atoms with Crippen LogP contribution in [0.5, 0.6) is 5.75 Å². The summed E-state index contributed by atoms with van der Waals surface area (Å²) in [7, 11) is 0. The molecule has 1 N–H and O–H groups in total. The molecule has 0 amide bonds. The lowest BCUT2D eigenvalue weighted by atomic mass is 10.1. The van der Waals surface area contributed by atoms with Crippen molar-refractivity contribution in [1.29, 1.82) is 0 Å². The molecule has 0 radical (unpaired) electrons. The van der Waals surface area contributed by atoms with Gasteiger partial charge in [0.25, 0.3) is 0 Å². The van der Waals surface area contributed by atoms with Crippen LogP contribution in [0.3, 0.4) is 0 Å². The van der Waals surface area contributed by atoms with Crippen molar-refractivity contribution in [3.05, 3.63) is 40.8 Å². The molecule has 0 aliphatic rings. The molecular formula is C13H11BrFN5O2. The molecule has 1 atom stereocenters. The van der Waals surface area contributed by atoms with Crippen LogP contribution in [0.2, 0.25) is 0 Å². The van der Waals surface area contributed by atoms with Crippen LogP contribution in [0.25, 0.3) is 11.3 Å². The first kappa shape index (κ1) is 14.6. The second-order valence-electron chi connectivity index (χ2n) is 4.38. The molecule has 0 spiro atoms. The number of aromatic amines is 1. The summed E-state index contributed by atoms with van der Waals surface area (Å²) >= 11 is 3.40. The minimum atomic E-state index is -0.643. The summed E-state index contributed by atoms with van der Waals surface area (Å²) in [5.41, 5.74) is 1.33. The van der Waals surface area contributed by atoms with Gasteiger partial charge in [-0.1, -0.05) is 26.3 Å². The zero-order valence-electron chi connectivity index (χ0n) is 11.2. The van der Waals surface area contributed by atoms with E-state index in [1.165, 1.54) is 6.26 Å². The molecule has 0 bridgehead atoms. The Morgan fingerprint density at radius 1 is 1.36 bits per heavy atom. The van der Waals surface area contributed by atoms with Crippen LogP contribution >= 0.6 is 15.9 Å². The fourth-order valence-electron chi connectivity index (χ4n) is 1.96. The van der Waals surface area contributed by atoms with Gasteiger partial charge in [-0.05, 0) is 18.2 Å². The third-order valence-corrected chi connectivity index (χ3v) is 3.44. The van der Waals surface area contributed by atoms with Gasteiger partial charge >= 0.3 is 0 Å². The molecule has 2 aromatic heterocycles. The molecule has 9 heteroatoms. The number of hydrogen-bond donors (Lipinski definition) is 1. The maximum absolute atomic E-state index is 12.8. The zero-order valence-corrected chi connectivity index (χ0v) is 12.8. The first-order valence-electron chi connectivity index (χ1n) is 6.44. The van der Waals surface area contributed by atoms with Crippen molar-refractivity contribution in [2.75, 3.05) is 6.67 Å². The molecule has 22 heavy (non-hydrogen) atoms. The highest BCUT2D eigenvalue weighted by Crippen LogP contribution is 2.34. The number of halogens is 2. The number of rotatable bonds is 6. The smallest absolute Gasteiger partial charge is 0.215 e. The van der Waals surface area contributed by atoms with E-state index in [1.807, 2.05) is 12.1 Å². The Kier molecular flexibility index (Phi) is 4.42. The molecule has 0 unspecified atom stereocenters. The van der Waals surface area contributed by atoms with E-state index in [0.717, 1.165) is 10.0 Å². The van der Waals surface area contributed by atoms with Crippen molar-refractivity contribution < 1.29 is 13.7 Å². The van der Waals surface area contributed by atoms with Crippen molar-refractivity contribution in [3.8, 4) is 17.0 Å². The van der Waals surface area contributed by atoms with Gasteiger partial charge < -0.3 is 9.26 Å². The Morgan fingerprint density at radius 2 is 2.27 bits per heavy atom. The molecular weight excluding hydrogens is 357 g/mol. The Bertz CT molecular complexity index is 720. The van der Waals surface area contributed by atoms with Gasteiger partial charge in [0.05, 0.1) is 6.67 Å². The monoisotopic (exact) mass is 367 g/mol. The lowest BCUT2D eigenvalue weighted by molar-refractivity contribution is 0.173. The van der Waals surface area contributed by atoms with E-state index < -0.39 is 12.8 Å². The van der Waals surface area contributed by atoms with Crippen LogP contribution in [-0.4, -0.2) is 32.5 Å². The van der Waals surface area contributed by atoms with Gasteiger partial charge in [-0.3, -0.25) is 4.39 Å². The molecule has 0 saturated carbocycles. The van der Waals surface area contributed by atoms with Crippen molar-refractivity contribution >= 4 is 15.9 Å². The van der Waals surface area contributed by atoms with Crippen LogP contribution in [0, 0.1) is 0 Å². The average Bonchev–Trinajstić information content (AvgIpc) is 3.22. The first-order valence-corrected chi connectivity index (χ1v) is 7.23. The minimum Gasteiger partial charge on any atom is -0.481 e. The van der Waals surface area contributed by atoms with Crippen LogP contribution in [0.15, 0.2) is 39.5 Å². The Hall–Kier alpha value is -2.29. The summed E-state index contributed by atoms with van der Waals surface area (Å²) in [6.07, 6.45) is 0.946. The van der Waals surface area contributed by atoms with E-state index >= 15 is 0 Å². The molecule has 0 fully saturated rings. The summed E-state index contributed by atoms with van der Waals surface area (Å²) in [4.78, 5) is 0. The molecule has 3 rings (SSSR count). The van der Waals surface area contributed by atoms with Crippen molar-refractivity contribution in [1.82, 2.24) is 25.8 Å². The molecule has 1 aromatic carbocycles. The van der Waals surface area contributed by atoms with Gasteiger partial charge in [0, 0.05) is 22.5 Å². The maximum atomic E-state index is 12.8. The van der Waals surface area contributed by atoms with Crippen molar-refractivity contribution in [2.24, 2.45) is 0 Å². The minimum absolute atomic E-state index is 0.119. The van der Waals surface area contributed by atoms with Crippen LogP contribution < -0.4 is 4.74 Å². The molecule has 0 saturated heterocycles. The Labute approximate surface area is 133 Å².